The quantitative estimate of drug-likeness (QED) is 0.783. The molecule has 2 aromatic carbocycles. The number of amides is 1. The maximum absolute atomic E-state index is 12.5. The first-order valence-corrected chi connectivity index (χ1v) is 7.33. The van der Waals surface area contributed by atoms with E-state index in [0.29, 0.717) is 22.7 Å². The molecule has 122 valence electrons. The molecule has 3 rings (SSSR count). The molecule has 1 aromatic heterocycles. The minimum absolute atomic E-state index is 0.245. The number of nitrogens with zero attached hydrogens (tertiary/aromatic N) is 2. The fraction of sp³-hybridized carbons (Fsp3) is 0.111. The Morgan fingerprint density at radius 3 is 2.50 bits per heavy atom. The van der Waals surface area contributed by atoms with Gasteiger partial charge in [-0.25, -0.2) is 4.98 Å². The van der Waals surface area contributed by atoms with Gasteiger partial charge in [-0.05, 0) is 36.4 Å². The molecular weight excluding hydrogens is 306 g/mol. The minimum atomic E-state index is -0.245. The third-order valence-electron chi connectivity index (χ3n) is 3.58. The van der Waals surface area contributed by atoms with Crippen LogP contribution in [0.1, 0.15) is 10.4 Å². The van der Waals surface area contributed by atoms with Gasteiger partial charge in [-0.2, -0.15) is 0 Å². The highest BCUT2D eigenvalue weighted by molar-refractivity contribution is 6.06. The number of hydrogen-bond acceptors (Lipinski definition) is 4. The highest BCUT2D eigenvalue weighted by atomic mass is 16.5. The zero-order chi connectivity index (χ0) is 16.9. The van der Waals surface area contributed by atoms with Crippen molar-refractivity contribution in [2.45, 2.75) is 0 Å². The smallest absolute Gasteiger partial charge is 0.259 e. The van der Waals surface area contributed by atoms with Crippen LogP contribution >= 0.6 is 0 Å². The van der Waals surface area contributed by atoms with Crippen molar-refractivity contribution in [3.63, 3.8) is 0 Å². The van der Waals surface area contributed by atoms with Crippen LogP contribution in [0.5, 0.6) is 11.5 Å². The van der Waals surface area contributed by atoms with Gasteiger partial charge in [-0.1, -0.05) is 0 Å². The average Bonchev–Trinajstić information content (AvgIpc) is 3.16. The lowest BCUT2D eigenvalue weighted by molar-refractivity contribution is 0.102. The Morgan fingerprint density at radius 1 is 1.08 bits per heavy atom. The predicted molar refractivity (Wildman–Crippen MR) is 91.1 cm³/mol. The van der Waals surface area contributed by atoms with Crippen LogP contribution in [0.4, 0.5) is 5.69 Å². The number of nitrogens with one attached hydrogen (secondary N) is 1. The Morgan fingerprint density at radius 2 is 1.88 bits per heavy atom. The number of benzene rings is 2. The Kier molecular flexibility index (Phi) is 4.47. The van der Waals surface area contributed by atoms with E-state index in [1.54, 1.807) is 37.8 Å². The zero-order valence-corrected chi connectivity index (χ0v) is 13.4. The van der Waals surface area contributed by atoms with Crippen molar-refractivity contribution in [3.05, 3.63) is 66.7 Å². The standard InChI is InChI=1S/C18H17N3O3/c1-23-15-7-8-16(17(11-15)24-2)18(22)20-13-3-5-14(6-4-13)21-10-9-19-12-21/h3-12H,1-2H3,(H,20,22). The molecule has 0 aliphatic heterocycles. The molecule has 6 heteroatoms. The highest BCUT2D eigenvalue weighted by Crippen LogP contribution is 2.25. The highest BCUT2D eigenvalue weighted by Gasteiger charge is 2.13. The van der Waals surface area contributed by atoms with Crippen LogP contribution in [0.3, 0.4) is 0 Å². The first kappa shape index (κ1) is 15.6. The molecule has 0 fully saturated rings. The number of anilines is 1. The fourth-order valence-electron chi connectivity index (χ4n) is 2.31. The van der Waals surface area contributed by atoms with E-state index in [2.05, 4.69) is 10.3 Å². The normalized spacial score (nSPS) is 10.2. The Labute approximate surface area is 139 Å². The van der Waals surface area contributed by atoms with Crippen molar-refractivity contribution in [1.29, 1.82) is 0 Å². The van der Waals surface area contributed by atoms with Crippen molar-refractivity contribution in [2.24, 2.45) is 0 Å². The van der Waals surface area contributed by atoms with Gasteiger partial charge in [-0.15, -0.1) is 0 Å². The van der Waals surface area contributed by atoms with Gasteiger partial charge in [0.05, 0.1) is 26.1 Å². The average molecular weight is 323 g/mol. The molecule has 0 atom stereocenters. The number of methoxy groups -OCH3 is 2. The molecular formula is C18H17N3O3. The van der Waals surface area contributed by atoms with Gasteiger partial charge in [0.2, 0.25) is 0 Å². The second-order valence-electron chi connectivity index (χ2n) is 5.04. The molecule has 1 N–H and O–H groups in total. The zero-order valence-electron chi connectivity index (χ0n) is 13.4. The van der Waals surface area contributed by atoms with Crippen LogP contribution in [0.15, 0.2) is 61.2 Å². The van der Waals surface area contributed by atoms with E-state index in [1.807, 2.05) is 35.0 Å². The number of imidazole rings is 1. The number of hydrogen-bond donors (Lipinski definition) is 1. The summed E-state index contributed by atoms with van der Waals surface area (Å²) in [5, 5.41) is 2.86. The van der Waals surface area contributed by atoms with Crippen molar-refractivity contribution in [3.8, 4) is 17.2 Å². The lowest BCUT2D eigenvalue weighted by Gasteiger charge is -2.11. The van der Waals surface area contributed by atoms with Gasteiger partial charge in [-0.3, -0.25) is 4.79 Å². The van der Waals surface area contributed by atoms with Gasteiger partial charge in [0.25, 0.3) is 5.91 Å². The van der Waals surface area contributed by atoms with E-state index in [-0.39, 0.29) is 5.91 Å². The van der Waals surface area contributed by atoms with Crippen LogP contribution < -0.4 is 14.8 Å². The van der Waals surface area contributed by atoms with E-state index in [4.69, 9.17) is 9.47 Å². The Balaban J connectivity index is 1.77. The molecule has 24 heavy (non-hydrogen) atoms. The molecule has 0 bridgehead atoms. The van der Waals surface area contributed by atoms with E-state index >= 15 is 0 Å². The van der Waals surface area contributed by atoms with E-state index in [1.165, 1.54) is 7.11 Å². The van der Waals surface area contributed by atoms with Crippen LogP contribution in [-0.4, -0.2) is 29.7 Å². The summed E-state index contributed by atoms with van der Waals surface area (Å²) in [6.45, 7) is 0. The van der Waals surface area contributed by atoms with Crippen LogP contribution in [0.25, 0.3) is 5.69 Å². The fourth-order valence-corrected chi connectivity index (χ4v) is 2.31. The van der Waals surface area contributed by atoms with Gasteiger partial charge >= 0.3 is 0 Å². The summed E-state index contributed by atoms with van der Waals surface area (Å²) < 4.78 is 12.3. The van der Waals surface area contributed by atoms with E-state index in [9.17, 15) is 4.79 Å². The van der Waals surface area contributed by atoms with Gasteiger partial charge in [0.15, 0.2) is 0 Å². The van der Waals surface area contributed by atoms with Crippen molar-refractivity contribution in [2.75, 3.05) is 19.5 Å². The minimum Gasteiger partial charge on any atom is -0.497 e. The number of ether oxygens (including phenoxy) is 2. The summed E-state index contributed by atoms with van der Waals surface area (Å²) in [5.41, 5.74) is 2.10. The first-order valence-electron chi connectivity index (χ1n) is 7.33. The summed E-state index contributed by atoms with van der Waals surface area (Å²) in [6, 6.07) is 12.6. The van der Waals surface area contributed by atoms with Crippen molar-refractivity contribution >= 4 is 11.6 Å². The number of aromatic nitrogens is 2. The molecule has 0 spiro atoms. The Hall–Kier alpha value is -3.28. The molecule has 1 heterocycles. The monoisotopic (exact) mass is 323 g/mol. The molecule has 0 aliphatic carbocycles. The second kappa shape index (κ2) is 6.87. The van der Waals surface area contributed by atoms with Crippen LogP contribution in [0, 0.1) is 0 Å². The van der Waals surface area contributed by atoms with Gasteiger partial charge in [0, 0.05) is 29.8 Å². The molecule has 0 unspecified atom stereocenters. The maximum Gasteiger partial charge on any atom is 0.259 e. The molecule has 0 saturated carbocycles. The summed E-state index contributed by atoms with van der Waals surface area (Å²) in [5.74, 6) is 0.847. The molecule has 1 amide bonds. The summed E-state index contributed by atoms with van der Waals surface area (Å²) in [6.07, 6.45) is 5.29. The first-order chi connectivity index (χ1) is 11.7. The maximum atomic E-state index is 12.5. The molecule has 0 saturated heterocycles. The van der Waals surface area contributed by atoms with Crippen LogP contribution in [-0.2, 0) is 0 Å². The summed E-state index contributed by atoms with van der Waals surface area (Å²) >= 11 is 0. The van der Waals surface area contributed by atoms with Gasteiger partial charge < -0.3 is 19.4 Å². The molecule has 0 aliphatic rings. The molecule has 0 radical (unpaired) electrons. The summed E-state index contributed by atoms with van der Waals surface area (Å²) in [7, 11) is 3.09. The lowest BCUT2D eigenvalue weighted by Crippen LogP contribution is -2.13. The number of carbonyl (C=O) groups excluding carboxylic acids is 1. The third kappa shape index (κ3) is 3.22. The SMILES string of the molecule is COc1ccc(C(=O)Nc2ccc(-n3ccnc3)cc2)c(OC)c1. The topological polar surface area (TPSA) is 65.4 Å². The predicted octanol–water partition coefficient (Wildman–Crippen LogP) is 3.14. The van der Waals surface area contributed by atoms with E-state index in [0.717, 1.165) is 5.69 Å². The summed E-state index contributed by atoms with van der Waals surface area (Å²) in [4.78, 5) is 16.5. The third-order valence-corrected chi connectivity index (χ3v) is 3.58. The number of rotatable bonds is 5. The van der Waals surface area contributed by atoms with Crippen molar-refractivity contribution in [1.82, 2.24) is 9.55 Å². The number of carbonyl (C=O) groups is 1. The van der Waals surface area contributed by atoms with E-state index < -0.39 is 0 Å². The van der Waals surface area contributed by atoms with Crippen molar-refractivity contribution < 1.29 is 14.3 Å². The lowest BCUT2D eigenvalue weighted by atomic mass is 10.1. The van der Waals surface area contributed by atoms with Crippen LogP contribution in [0.2, 0.25) is 0 Å². The largest absolute Gasteiger partial charge is 0.497 e. The molecule has 6 nitrogen and oxygen atoms in total. The Bertz CT molecular complexity index is 827. The van der Waals surface area contributed by atoms with Gasteiger partial charge in [0.1, 0.15) is 11.5 Å². The molecule has 3 aromatic rings. The second-order valence-corrected chi connectivity index (χ2v) is 5.04.